The van der Waals surface area contributed by atoms with Crippen molar-refractivity contribution in [1.82, 2.24) is 15.1 Å². The van der Waals surface area contributed by atoms with E-state index in [2.05, 4.69) is 39.4 Å². The topological polar surface area (TPSA) is 48.1 Å². The van der Waals surface area contributed by atoms with Crippen molar-refractivity contribution < 1.29 is 9.53 Å². The Labute approximate surface area is 184 Å². The number of amides is 1. The second-order valence-electron chi connectivity index (χ2n) is 8.92. The van der Waals surface area contributed by atoms with Crippen molar-refractivity contribution in [2.45, 2.75) is 38.1 Å². The molecule has 2 aromatic carbocycles. The molecule has 3 saturated heterocycles. The average Bonchev–Trinajstić information content (AvgIpc) is 3.07. The SMILES string of the molecule is O=C(OCc1ccccc1)N1CCN(Cc2cccc(N3C4CCC3CNC4)c2)CC1. The normalized spacial score (nSPS) is 23.7. The summed E-state index contributed by atoms with van der Waals surface area (Å²) in [5.74, 6) is 0. The lowest BCUT2D eigenvalue weighted by Gasteiger charge is -2.38. The van der Waals surface area contributed by atoms with Gasteiger partial charge >= 0.3 is 6.09 Å². The molecule has 2 atom stereocenters. The molecule has 1 amide bonds. The van der Waals surface area contributed by atoms with E-state index < -0.39 is 0 Å². The second-order valence-corrected chi connectivity index (χ2v) is 8.92. The van der Waals surface area contributed by atoms with E-state index in [-0.39, 0.29) is 6.09 Å². The molecule has 164 valence electrons. The van der Waals surface area contributed by atoms with Crippen molar-refractivity contribution in [2.24, 2.45) is 0 Å². The number of rotatable bonds is 5. The number of hydrogen-bond donors (Lipinski definition) is 1. The van der Waals surface area contributed by atoms with E-state index >= 15 is 0 Å². The lowest BCUT2D eigenvalue weighted by Crippen LogP contribution is -2.52. The highest BCUT2D eigenvalue weighted by Gasteiger charge is 2.36. The molecule has 0 radical (unpaired) electrons. The number of anilines is 1. The minimum atomic E-state index is -0.209. The number of hydrogen-bond acceptors (Lipinski definition) is 5. The monoisotopic (exact) mass is 420 g/mol. The number of carbonyl (C=O) groups is 1. The molecule has 5 rings (SSSR count). The van der Waals surface area contributed by atoms with Crippen LogP contribution in [0.15, 0.2) is 54.6 Å². The number of carbonyl (C=O) groups excluding carboxylic acids is 1. The van der Waals surface area contributed by atoms with Gasteiger partial charge in [-0.05, 0) is 36.1 Å². The number of piperazine rings is 2. The maximum Gasteiger partial charge on any atom is 0.410 e. The van der Waals surface area contributed by atoms with E-state index in [1.165, 1.54) is 24.1 Å². The van der Waals surface area contributed by atoms with E-state index in [1.807, 2.05) is 35.2 Å². The molecule has 0 saturated carbocycles. The van der Waals surface area contributed by atoms with Crippen LogP contribution in [0.1, 0.15) is 24.0 Å². The van der Waals surface area contributed by atoms with Crippen molar-refractivity contribution >= 4 is 11.8 Å². The Hall–Kier alpha value is -2.57. The highest BCUT2D eigenvalue weighted by Crippen LogP contribution is 2.32. The summed E-state index contributed by atoms with van der Waals surface area (Å²) < 4.78 is 5.49. The van der Waals surface area contributed by atoms with Crippen LogP contribution in [-0.2, 0) is 17.9 Å². The number of nitrogens with one attached hydrogen (secondary N) is 1. The maximum atomic E-state index is 12.4. The average molecular weight is 421 g/mol. The van der Waals surface area contributed by atoms with E-state index in [1.54, 1.807) is 0 Å². The van der Waals surface area contributed by atoms with Crippen LogP contribution in [0.3, 0.4) is 0 Å². The molecule has 3 fully saturated rings. The van der Waals surface area contributed by atoms with E-state index in [4.69, 9.17) is 4.74 Å². The summed E-state index contributed by atoms with van der Waals surface area (Å²) in [5.41, 5.74) is 3.75. The Balaban J connectivity index is 1.12. The summed E-state index contributed by atoms with van der Waals surface area (Å²) in [7, 11) is 0. The molecular formula is C25H32N4O2. The van der Waals surface area contributed by atoms with Crippen LogP contribution < -0.4 is 10.2 Å². The Bertz CT molecular complexity index is 866. The van der Waals surface area contributed by atoms with E-state index in [0.717, 1.165) is 51.4 Å². The lowest BCUT2D eigenvalue weighted by atomic mass is 10.1. The molecule has 0 spiro atoms. The standard InChI is InChI=1S/C25H32N4O2/c30-25(31-19-20-5-2-1-3-6-20)28-13-11-27(12-14-28)18-21-7-4-8-22(15-21)29-23-9-10-24(29)17-26-16-23/h1-8,15,23-24,26H,9-14,16-19H2. The first kappa shape index (κ1) is 20.3. The third-order valence-corrected chi connectivity index (χ3v) is 6.83. The first-order chi connectivity index (χ1) is 15.3. The first-order valence-electron chi connectivity index (χ1n) is 11.5. The fraction of sp³-hybridized carbons (Fsp3) is 0.480. The molecule has 0 aliphatic carbocycles. The molecule has 3 aliphatic rings. The van der Waals surface area contributed by atoms with Crippen molar-refractivity contribution in [3.63, 3.8) is 0 Å². The summed E-state index contributed by atoms with van der Waals surface area (Å²) in [6.45, 7) is 6.66. The van der Waals surface area contributed by atoms with Crippen LogP contribution in [0.5, 0.6) is 0 Å². The van der Waals surface area contributed by atoms with Crippen LogP contribution in [0.2, 0.25) is 0 Å². The Morgan fingerprint density at radius 2 is 1.61 bits per heavy atom. The zero-order valence-electron chi connectivity index (χ0n) is 18.1. The largest absolute Gasteiger partial charge is 0.445 e. The molecule has 31 heavy (non-hydrogen) atoms. The van der Waals surface area contributed by atoms with Gasteiger partial charge in [0, 0.05) is 63.6 Å². The van der Waals surface area contributed by atoms with Gasteiger partial charge in [0.1, 0.15) is 6.61 Å². The molecule has 2 aromatic rings. The van der Waals surface area contributed by atoms with Gasteiger partial charge in [-0.3, -0.25) is 4.90 Å². The molecule has 2 unspecified atom stereocenters. The quantitative estimate of drug-likeness (QED) is 0.806. The van der Waals surface area contributed by atoms with Gasteiger partial charge in [0.2, 0.25) is 0 Å². The molecule has 6 nitrogen and oxygen atoms in total. The van der Waals surface area contributed by atoms with Crippen molar-refractivity contribution in [2.75, 3.05) is 44.2 Å². The summed E-state index contributed by atoms with van der Waals surface area (Å²) in [5, 5.41) is 3.57. The third kappa shape index (κ3) is 4.70. The zero-order valence-corrected chi connectivity index (χ0v) is 18.1. The van der Waals surface area contributed by atoms with Gasteiger partial charge in [0.25, 0.3) is 0 Å². The molecule has 3 heterocycles. The van der Waals surface area contributed by atoms with Crippen molar-refractivity contribution in [3.8, 4) is 0 Å². The fourth-order valence-electron chi connectivity index (χ4n) is 5.17. The molecule has 6 heteroatoms. The number of fused-ring (bicyclic) bond motifs is 2. The fourth-order valence-corrected chi connectivity index (χ4v) is 5.17. The van der Waals surface area contributed by atoms with Gasteiger partial charge < -0.3 is 19.9 Å². The molecule has 2 bridgehead atoms. The van der Waals surface area contributed by atoms with Crippen LogP contribution in [0.25, 0.3) is 0 Å². The smallest absolute Gasteiger partial charge is 0.410 e. The molecule has 0 aromatic heterocycles. The highest BCUT2D eigenvalue weighted by atomic mass is 16.6. The van der Waals surface area contributed by atoms with Gasteiger partial charge in [-0.25, -0.2) is 4.79 Å². The number of ether oxygens (including phenoxy) is 1. The van der Waals surface area contributed by atoms with Gasteiger partial charge in [-0.15, -0.1) is 0 Å². The predicted octanol–water partition coefficient (Wildman–Crippen LogP) is 3.08. The van der Waals surface area contributed by atoms with Crippen LogP contribution in [0, 0.1) is 0 Å². The van der Waals surface area contributed by atoms with Gasteiger partial charge in [-0.1, -0.05) is 42.5 Å². The Kier molecular flexibility index (Phi) is 6.09. The summed E-state index contributed by atoms with van der Waals surface area (Å²) in [6, 6.07) is 20.2. The van der Waals surface area contributed by atoms with Crippen LogP contribution in [0.4, 0.5) is 10.5 Å². The molecule has 3 aliphatic heterocycles. The minimum absolute atomic E-state index is 0.209. The first-order valence-corrected chi connectivity index (χ1v) is 11.5. The van der Waals surface area contributed by atoms with Gasteiger partial charge in [-0.2, -0.15) is 0 Å². The summed E-state index contributed by atoms with van der Waals surface area (Å²) in [6.07, 6.45) is 2.38. The van der Waals surface area contributed by atoms with E-state index in [0.29, 0.717) is 18.7 Å². The second kappa shape index (κ2) is 9.28. The zero-order chi connectivity index (χ0) is 21.0. The van der Waals surface area contributed by atoms with Crippen molar-refractivity contribution in [3.05, 3.63) is 65.7 Å². The predicted molar refractivity (Wildman–Crippen MR) is 122 cm³/mol. The van der Waals surface area contributed by atoms with Gasteiger partial charge in [0.05, 0.1) is 0 Å². The lowest BCUT2D eigenvalue weighted by molar-refractivity contribution is 0.0700. The van der Waals surface area contributed by atoms with Gasteiger partial charge in [0.15, 0.2) is 0 Å². The highest BCUT2D eigenvalue weighted by molar-refractivity contribution is 5.67. The summed E-state index contributed by atoms with van der Waals surface area (Å²) in [4.78, 5) is 19.3. The Morgan fingerprint density at radius 1 is 0.903 bits per heavy atom. The van der Waals surface area contributed by atoms with Crippen molar-refractivity contribution in [1.29, 1.82) is 0 Å². The van der Waals surface area contributed by atoms with E-state index in [9.17, 15) is 4.79 Å². The minimum Gasteiger partial charge on any atom is -0.445 e. The maximum absolute atomic E-state index is 12.4. The number of nitrogens with zero attached hydrogens (tertiary/aromatic N) is 3. The third-order valence-electron chi connectivity index (χ3n) is 6.83. The Morgan fingerprint density at radius 3 is 2.35 bits per heavy atom. The van der Waals surface area contributed by atoms with Crippen LogP contribution >= 0.6 is 0 Å². The van der Waals surface area contributed by atoms with Crippen LogP contribution in [-0.4, -0.2) is 67.2 Å². The summed E-state index contributed by atoms with van der Waals surface area (Å²) >= 11 is 0. The number of benzene rings is 2. The molecular weight excluding hydrogens is 388 g/mol. The molecule has 1 N–H and O–H groups in total.